The zero-order valence-corrected chi connectivity index (χ0v) is 6.89. The highest BCUT2D eigenvalue weighted by atomic mass is 35.5. The summed E-state index contributed by atoms with van der Waals surface area (Å²) in [6, 6.07) is 0. The predicted octanol–water partition coefficient (Wildman–Crippen LogP) is 1.35. The molecule has 0 aliphatic heterocycles. The van der Waals surface area contributed by atoms with E-state index in [-0.39, 0.29) is 0 Å². The van der Waals surface area contributed by atoms with Crippen LogP contribution in [0, 0.1) is 6.92 Å². The van der Waals surface area contributed by atoms with E-state index < -0.39 is 0 Å². The molecule has 0 saturated carbocycles. The van der Waals surface area contributed by atoms with Crippen LogP contribution in [0.2, 0.25) is 0 Å². The zero-order chi connectivity index (χ0) is 7.56. The number of aromatic nitrogens is 3. The number of rotatable bonds is 2. The molecule has 1 rings (SSSR count). The largest absolute Gasteiger partial charge is 0.248 e. The van der Waals surface area contributed by atoms with Gasteiger partial charge in [-0.15, -0.1) is 16.7 Å². The molecule has 0 radical (unpaired) electrons. The van der Waals surface area contributed by atoms with Crippen molar-refractivity contribution < 1.29 is 0 Å². The molecule has 0 spiro atoms. The summed E-state index contributed by atoms with van der Waals surface area (Å²) in [6.07, 6.45) is 0. The van der Waals surface area contributed by atoms with E-state index in [1.165, 1.54) is 0 Å². The van der Waals surface area contributed by atoms with Crippen LogP contribution < -0.4 is 0 Å². The molecular formula is C6H10ClN3. The third kappa shape index (κ3) is 1.14. The van der Waals surface area contributed by atoms with Crippen molar-refractivity contribution in [1.82, 2.24) is 15.0 Å². The smallest absolute Gasteiger partial charge is 0.0840 e. The van der Waals surface area contributed by atoms with E-state index in [0.717, 1.165) is 17.9 Å². The fourth-order valence-electron chi connectivity index (χ4n) is 0.839. The SMILES string of the molecule is CCn1nnc(C)c1CCl. The zero-order valence-electron chi connectivity index (χ0n) is 6.13. The van der Waals surface area contributed by atoms with Gasteiger partial charge < -0.3 is 0 Å². The summed E-state index contributed by atoms with van der Waals surface area (Å²) in [6.45, 7) is 4.77. The average molecular weight is 160 g/mol. The highest BCUT2D eigenvalue weighted by Gasteiger charge is 2.04. The molecule has 0 aliphatic rings. The lowest BCUT2D eigenvalue weighted by molar-refractivity contribution is 0.608. The summed E-state index contributed by atoms with van der Waals surface area (Å²) in [7, 11) is 0. The number of aryl methyl sites for hydroxylation is 2. The highest BCUT2D eigenvalue weighted by Crippen LogP contribution is 2.06. The monoisotopic (exact) mass is 159 g/mol. The van der Waals surface area contributed by atoms with Gasteiger partial charge in [-0.05, 0) is 13.8 Å². The number of hydrogen-bond donors (Lipinski definition) is 0. The van der Waals surface area contributed by atoms with Gasteiger partial charge in [-0.1, -0.05) is 5.21 Å². The summed E-state index contributed by atoms with van der Waals surface area (Å²) in [4.78, 5) is 0. The first-order chi connectivity index (χ1) is 4.79. The fourth-order valence-corrected chi connectivity index (χ4v) is 1.17. The third-order valence-electron chi connectivity index (χ3n) is 1.46. The van der Waals surface area contributed by atoms with Crippen LogP contribution in [0.5, 0.6) is 0 Å². The van der Waals surface area contributed by atoms with Crippen molar-refractivity contribution in [3.8, 4) is 0 Å². The van der Waals surface area contributed by atoms with Crippen molar-refractivity contribution in [2.24, 2.45) is 0 Å². The highest BCUT2D eigenvalue weighted by molar-refractivity contribution is 6.16. The van der Waals surface area contributed by atoms with Crippen LogP contribution in [0.4, 0.5) is 0 Å². The molecule has 4 heteroatoms. The Balaban J connectivity index is 3.01. The van der Waals surface area contributed by atoms with Crippen LogP contribution in [0.3, 0.4) is 0 Å². The van der Waals surface area contributed by atoms with E-state index >= 15 is 0 Å². The maximum absolute atomic E-state index is 5.66. The number of halogens is 1. The van der Waals surface area contributed by atoms with Crippen LogP contribution in [0.25, 0.3) is 0 Å². The van der Waals surface area contributed by atoms with Gasteiger partial charge in [-0.3, -0.25) is 0 Å². The van der Waals surface area contributed by atoms with E-state index in [2.05, 4.69) is 10.3 Å². The molecule has 56 valence electrons. The maximum Gasteiger partial charge on any atom is 0.0840 e. The molecule has 1 aromatic heterocycles. The summed E-state index contributed by atoms with van der Waals surface area (Å²) in [5.41, 5.74) is 1.95. The Hall–Kier alpha value is -0.570. The van der Waals surface area contributed by atoms with Crippen molar-refractivity contribution in [2.75, 3.05) is 0 Å². The molecule has 0 atom stereocenters. The van der Waals surface area contributed by atoms with Crippen molar-refractivity contribution in [3.63, 3.8) is 0 Å². The number of nitrogens with zero attached hydrogens (tertiary/aromatic N) is 3. The van der Waals surface area contributed by atoms with Crippen molar-refractivity contribution >= 4 is 11.6 Å². The molecule has 1 aromatic rings. The summed E-state index contributed by atoms with van der Waals surface area (Å²) in [5, 5.41) is 7.77. The molecular weight excluding hydrogens is 150 g/mol. The molecule has 0 fully saturated rings. The standard InChI is InChI=1S/C6H10ClN3/c1-3-10-6(4-7)5(2)8-9-10/h3-4H2,1-2H3. The molecule has 0 aromatic carbocycles. The quantitative estimate of drug-likeness (QED) is 0.610. The normalized spacial score (nSPS) is 10.3. The second-order valence-electron chi connectivity index (χ2n) is 2.07. The lowest BCUT2D eigenvalue weighted by Gasteiger charge is -1.97. The first-order valence-electron chi connectivity index (χ1n) is 3.24. The number of alkyl halides is 1. The van der Waals surface area contributed by atoms with Gasteiger partial charge in [-0.25, -0.2) is 4.68 Å². The lowest BCUT2D eigenvalue weighted by atomic mass is 10.4. The fraction of sp³-hybridized carbons (Fsp3) is 0.667. The second kappa shape index (κ2) is 3.01. The van der Waals surface area contributed by atoms with Gasteiger partial charge >= 0.3 is 0 Å². The van der Waals surface area contributed by atoms with Gasteiger partial charge in [0.1, 0.15) is 0 Å². The Bertz CT molecular complexity index is 219. The maximum atomic E-state index is 5.66. The minimum absolute atomic E-state index is 0.493. The average Bonchev–Trinajstić information content (AvgIpc) is 2.30. The van der Waals surface area contributed by atoms with Crippen LogP contribution in [-0.2, 0) is 12.4 Å². The Labute approximate surface area is 65.0 Å². The molecule has 3 nitrogen and oxygen atoms in total. The Morgan fingerprint density at radius 3 is 2.70 bits per heavy atom. The molecule has 0 aliphatic carbocycles. The Morgan fingerprint density at radius 2 is 2.30 bits per heavy atom. The van der Waals surface area contributed by atoms with Crippen LogP contribution in [-0.4, -0.2) is 15.0 Å². The van der Waals surface area contributed by atoms with Gasteiger partial charge in [0.15, 0.2) is 0 Å². The van der Waals surface area contributed by atoms with E-state index in [1.54, 1.807) is 0 Å². The Morgan fingerprint density at radius 1 is 1.60 bits per heavy atom. The molecule has 0 N–H and O–H groups in total. The summed E-state index contributed by atoms with van der Waals surface area (Å²) >= 11 is 5.66. The van der Waals surface area contributed by atoms with Gasteiger partial charge in [0, 0.05) is 6.54 Å². The molecule has 1 heterocycles. The van der Waals surface area contributed by atoms with Gasteiger partial charge in [0.2, 0.25) is 0 Å². The van der Waals surface area contributed by atoms with Crippen LogP contribution >= 0.6 is 11.6 Å². The molecule has 0 unspecified atom stereocenters. The molecule has 0 saturated heterocycles. The predicted molar refractivity (Wildman–Crippen MR) is 40.0 cm³/mol. The van der Waals surface area contributed by atoms with E-state index in [0.29, 0.717) is 5.88 Å². The van der Waals surface area contributed by atoms with Gasteiger partial charge in [-0.2, -0.15) is 0 Å². The van der Waals surface area contributed by atoms with Crippen LogP contribution in [0.1, 0.15) is 18.3 Å². The van der Waals surface area contributed by atoms with E-state index in [4.69, 9.17) is 11.6 Å². The summed E-state index contributed by atoms with van der Waals surface area (Å²) < 4.78 is 1.81. The minimum atomic E-state index is 0.493. The minimum Gasteiger partial charge on any atom is -0.248 e. The van der Waals surface area contributed by atoms with E-state index in [1.807, 2.05) is 18.5 Å². The van der Waals surface area contributed by atoms with Crippen molar-refractivity contribution in [2.45, 2.75) is 26.3 Å². The molecule has 0 bridgehead atoms. The van der Waals surface area contributed by atoms with Crippen molar-refractivity contribution in [1.29, 1.82) is 0 Å². The summed E-state index contributed by atoms with van der Waals surface area (Å²) in [5.74, 6) is 0.493. The van der Waals surface area contributed by atoms with Crippen molar-refractivity contribution in [3.05, 3.63) is 11.4 Å². The molecule has 10 heavy (non-hydrogen) atoms. The lowest BCUT2D eigenvalue weighted by Crippen LogP contribution is -2.01. The number of hydrogen-bond acceptors (Lipinski definition) is 2. The second-order valence-corrected chi connectivity index (χ2v) is 2.34. The topological polar surface area (TPSA) is 30.7 Å². The van der Waals surface area contributed by atoms with Crippen LogP contribution in [0.15, 0.2) is 0 Å². The molecule has 0 amide bonds. The first kappa shape index (κ1) is 7.54. The van der Waals surface area contributed by atoms with Gasteiger partial charge in [0.05, 0.1) is 17.3 Å². The third-order valence-corrected chi connectivity index (χ3v) is 1.71. The van der Waals surface area contributed by atoms with Gasteiger partial charge in [0.25, 0.3) is 0 Å². The Kier molecular flexibility index (Phi) is 2.27. The first-order valence-corrected chi connectivity index (χ1v) is 3.78. The van der Waals surface area contributed by atoms with E-state index in [9.17, 15) is 0 Å².